The maximum Gasteiger partial charge on any atom is 0.412 e. The molecule has 2 fully saturated rings. The van der Waals surface area contributed by atoms with Gasteiger partial charge in [-0.15, -0.1) is 0 Å². The molecular formula is C20H18N2O6S. The van der Waals surface area contributed by atoms with Gasteiger partial charge in [-0.2, -0.15) is 0 Å². The van der Waals surface area contributed by atoms with Gasteiger partial charge in [0.05, 0.1) is 17.7 Å². The molecule has 0 aliphatic carbocycles. The van der Waals surface area contributed by atoms with Crippen LogP contribution in [0.2, 0.25) is 0 Å². The lowest BCUT2D eigenvalue weighted by atomic mass is 9.89. The van der Waals surface area contributed by atoms with Crippen molar-refractivity contribution in [2.24, 2.45) is 0 Å². The highest BCUT2D eigenvalue weighted by Crippen LogP contribution is 2.56. The summed E-state index contributed by atoms with van der Waals surface area (Å²) in [4.78, 5) is 26.7. The summed E-state index contributed by atoms with van der Waals surface area (Å²) in [7, 11) is -2.75. The largest absolute Gasteiger partial charge is 0.467 e. The molecule has 0 spiro atoms. The van der Waals surface area contributed by atoms with Crippen LogP contribution in [-0.2, 0) is 24.3 Å². The molecule has 0 bridgehead atoms. The third-order valence-corrected chi connectivity index (χ3v) is 7.75. The standard InChI is InChI=1S/C20H18N2O6S/c1-27-18(23)20-11-15-14-9-5-6-10-16(14)22(17(15)21(20)19(24)28-12-20)29(25,26)13-7-3-2-4-8-13/h2-10,15,17H,11-12H2,1H3/t15-,17+,20-/m0/s1. The highest BCUT2D eigenvalue weighted by atomic mass is 32.2. The lowest BCUT2D eigenvalue weighted by Gasteiger charge is -2.34. The maximum absolute atomic E-state index is 13.6. The zero-order valence-electron chi connectivity index (χ0n) is 15.5. The van der Waals surface area contributed by atoms with Gasteiger partial charge in [-0.05, 0) is 30.2 Å². The van der Waals surface area contributed by atoms with Gasteiger partial charge in [0.15, 0.2) is 5.54 Å². The van der Waals surface area contributed by atoms with Gasteiger partial charge in [0.25, 0.3) is 10.0 Å². The first-order valence-corrected chi connectivity index (χ1v) is 10.6. The van der Waals surface area contributed by atoms with E-state index in [9.17, 15) is 18.0 Å². The number of benzene rings is 2. The molecule has 3 aliphatic heterocycles. The Balaban J connectivity index is 1.72. The number of rotatable bonds is 3. The Morgan fingerprint density at radius 3 is 2.55 bits per heavy atom. The number of carbonyl (C=O) groups is 2. The Morgan fingerprint density at radius 1 is 1.14 bits per heavy atom. The number of cyclic esters (lactones) is 1. The quantitative estimate of drug-likeness (QED) is 0.714. The third-order valence-electron chi connectivity index (χ3n) is 5.95. The molecule has 2 aromatic carbocycles. The molecule has 3 atom stereocenters. The topological polar surface area (TPSA) is 93.2 Å². The summed E-state index contributed by atoms with van der Waals surface area (Å²) in [5, 5.41) is 0. The van der Waals surface area contributed by atoms with Gasteiger partial charge in [0, 0.05) is 5.92 Å². The molecular weight excluding hydrogens is 396 g/mol. The molecule has 3 heterocycles. The van der Waals surface area contributed by atoms with E-state index in [0.717, 1.165) is 5.56 Å². The molecule has 29 heavy (non-hydrogen) atoms. The zero-order chi connectivity index (χ0) is 20.4. The van der Waals surface area contributed by atoms with Crippen molar-refractivity contribution in [3.8, 4) is 0 Å². The Bertz CT molecular complexity index is 1120. The van der Waals surface area contributed by atoms with Crippen molar-refractivity contribution in [1.82, 2.24) is 4.90 Å². The Hall–Kier alpha value is -3.07. The van der Waals surface area contributed by atoms with Crippen molar-refractivity contribution < 1.29 is 27.5 Å². The SMILES string of the molecule is COC(=O)[C@]12COC(=O)N1[C@H]1[C@@H](C2)c2ccccc2N1S(=O)(=O)c1ccccc1. The molecule has 1 amide bonds. The van der Waals surface area contributed by atoms with E-state index < -0.39 is 33.8 Å². The van der Waals surface area contributed by atoms with Crippen molar-refractivity contribution >= 4 is 27.8 Å². The number of nitrogens with zero attached hydrogens (tertiary/aromatic N) is 2. The number of fused-ring (bicyclic) bond motifs is 5. The van der Waals surface area contributed by atoms with Crippen molar-refractivity contribution in [3.05, 3.63) is 60.2 Å². The fourth-order valence-corrected chi connectivity index (χ4v) is 6.43. The van der Waals surface area contributed by atoms with Crippen LogP contribution in [-0.4, -0.2) is 50.8 Å². The molecule has 150 valence electrons. The Morgan fingerprint density at radius 2 is 1.83 bits per heavy atom. The fraction of sp³-hybridized carbons (Fsp3) is 0.300. The summed E-state index contributed by atoms with van der Waals surface area (Å²) in [5.41, 5.74) is -0.0499. The monoisotopic (exact) mass is 414 g/mol. The first-order valence-electron chi connectivity index (χ1n) is 9.15. The number of carbonyl (C=O) groups excluding carboxylic acids is 2. The fourth-order valence-electron chi connectivity index (χ4n) is 4.75. The van der Waals surface area contributed by atoms with Crippen LogP contribution in [0.3, 0.4) is 0 Å². The number of hydrogen-bond donors (Lipinski definition) is 0. The smallest absolute Gasteiger partial charge is 0.412 e. The van der Waals surface area contributed by atoms with Crippen LogP contribution < -0.4 is 4.31 Å². The van der Waals surface area contributed by atoms with Gasteiger partial charge in [0.1, 0.15) is 12.8 Å². The number of ether oxygens (including phenoxy) is 2. The van der Waals surface area contributed by atoms with Gasteiger partial charge >= 0.3 is 12.1 Å². The summed E-state index contributed by atoms with van der Waals surface area (Å²) in [5.74, 6) is -0.969. The van der Waals surface area contributed by atoms with Crippen LogP contribution >= 0.6 is 0 Å². The number of para-hydroxylation sites is 1. The van der Waals surface area contributed by atoms with E-state index in [1.54, 1.807) is 30.3 Å². The molecule has 9 heteroatoms. The van der Waals surface area contributed by atoms with Crippen LogP contribution in [0, 0.1) is 0 Å². The summed E-state index contributed by atoms with van der Waals surface area (Å²) in [6.45, 7) is -0.160. The minimum Gasteiger partial charge on any atom is -0.467 e. The van der Waals surface area contributed by atoms with Crippen molar-refractivity contribution in [3.63, 3.8) is 0 Å². The van der Waals surface area contributed by atoms with Gasteiger partial charge in [-0.25, -0.2) is 22.3 Å². The Labute approximate surface area is 167 Å². The Kier molecular flexibility index (Phi) is 3.70. The molecule has 8 nitrogen and oxygen atoms in total. The zero-order valence-corrected chi connectivity index (χ0v) is 16.3. The second-order valence-electron chi connectivity index (χ2n) is 7.34. The highest BCUT2D eigenvalue weighted by molar-refractivity contribution is 7.92. The molecule has 0 aromatic heterocycles. The molecule has 0 N–H and O–H groups in total. The van der Waals surface area contributed by atoms with Crippen molar-refractivity contribution in [2.45, 2.75) is 28.9 Å². The normalized spacial score (nSPS) is 27.3. The molecule has 2 aromatic rings. The van der Waals surface area contributed by atoms with E-state index in [1.807, 2.05) is 12.1 Å². The van der Waals surface area contributed by atoms with Crippen LogP contribution in [0.25, 0.3) is 0 Å². The maximum atomic E-state index is 13.6. The van der Waals surface area contributed by atoms with E-state index in [2.05, 4.69) is 0 Å². The number of esters is 1. The van der Waals surface area contributed by atoms with E-state index in [-0.39, 0.29) is 23.8 Å². The number of methoxy groups -OCH3 is 1. The highest BCUT2D eigenvalue weighted by Gasteiger charge is 2.69. The van der Waals surface area contributed by atoms with E-state index in [1.165, 1.54) is 28.4 Å². The predicted molar refractivity (Wildman–Crippen MR) is 102 cm³/mol. The van der Waals surface area contributed by atoms with E-state index >= 15 is 0 Å². The first kappa shape index (κ1) is 18.0. The average molecular weight is 414 g/mol. The third kappa shape index (κ3) is 2.21. The van der Waals surface area contributed by atoms with Crippen LogP contribution in [0.5, 0.6) is 0 Å². The summed E-state index contributed by atoms with van der Waals surface area (Å²) < 4.78 is 38.6. The van der Waals surface area contributed by atoms with E-state index in [4.69, 9.17) is 9.47 Å². The van der Waals surface area contributed by atoms with Crippen LogP contribution in [0.4, 0.5) is 10.5 Å². The molecule has 3 aliphatic rings. The second-order valence-corrected chi connectivity index (χ2v) is 9.16. The van der Waals surface area contributed by atoms with Crippen LogP contribution in [0.15, 0.2) is 59.5 Å². The summed E-state index contributed by atoms with van der Waals surface area (Å²) in [6.07, 6.45) is -1.39. The first-order chi connectivity index (χ1) is 13.9. The molecule has 5 rings (SSSR count). The lowest BCUT2D eigenvalue weighted by molar-refractivity contribution is -0.151. The lowest BCUT2D eigenvalue weighted by Crippen LogP contribution is -2.57. The van der Waals surface area contributed by atoms with Gasteiger partial charge in [0.2, 0.25) is 0 Å². The number of sulfonamides is 1. The molecule has 2 saturated heterocycles. The molecule has 0 radical (unpaired) electrons. The summed E-state index contributed by atoms with van der Waals surface area (Å²) in [6, 6.07) is 15.2. The molecule has 0 unspecified atom stereocenters. The predicted octanol–water partition coefficient (Wildman–Crippen LogP) is 2.07. The van der Waals surface area contributed by atoms with Gasteiger partial charge < -0.3 is 9.47 Å². The van der Waals surface area contributed by atoms with Crippen molar-refractivity contribution in [1.29, 1.82) is 0 Å². The van der Waals surface area contributed by atoms with Gasteiger partial charge in [-0.1, -0.05) is 36.4 Å². The molecule has 0 saturated carbocycles. The number of hydrogen-bond acceptors (Lipinski definition) is 6. The van der Waals surface area contributed by atoms with Crippen LogP contribution in [0.1, 0.15) is 17.9 Å². The van der Waals surface area contributed by atoms with Gasteiger partial charge in [-0.3, -0.25) is 4.90 Å². The number of amides is 1. The average Bonchev–Trinajstić information content (AvgIpc) is 3.35. The van der Waals surface area contributed by atoms with E-state index in [0.29, 0.717) is 5.69 Å². The second kappa shape index (κ2) is 5.96. The van der Waals surface area contributed by atoms with Crippen molar-refractivity contribution in [2.75, 3.05) is 18.0 Å². The summed E-state index contributed by atoms with van der Waals surface area (Å²) >= 11 is 0. The minimum absolute atomic E-state index is 0.110. The minimum atomic E-state index is -4.00. The number of anilines is 1.